The molecular formula is C13H14BrNO4. The van der Waals surface area contributed by atoms with Crippen molar-refractivity contribution in [1.29, 1.82) is 0 Å². The molecule has 1 atom stereocenters. The SMILES string of the molecule is Cc1c(Br)cccc1C(=O)NC1(C(=O)O)CCOC1. The Morgan fingerprint density at radius 1 is 1.47 bits per heavy atom. The van der Waals surface area contributed by atoms with E-state index in [1.54, 1.807) is 19.1 Å². The summed E-state index contributed by atoms with van der Waals surface area (Å²) in [6, 6.07) is 5.24. The van der Waals surface area contributed by atoms with Gasteiger partial charge in [0.25, 0.3) is 5.91 Å². The molecule has 0 aliphatic carbocycles. The van der Waals surface area contributed by atoms with E-state index in [0.717, 1.165) is 10.0 Å². The monoisotopic (exact) mass is 327 g/mol. The molecule has 1 saturated heterocycles. The van der Waals surface area contributed by atoms with Gasteiger partial charge in [0.15, 0.2) is 5.54 Å². The summed E-state index contributed by atoms with van der Waals surface area (Å²) >= 11 is 3.35. The van der Waals surface area contributed by atoms with Crippen molar-refractivity contribution in [2.24, 2.45) is 0 Å². The molecule has 1 aromatic rings. The number of nitrogens with one attached hydrogen (secondary N) is 1. The van der Waals surface area contributed by atoms with Gasteiger partial charge in [-0.05, 0) is 24.6 Å². The van der Waals surface area contributed by atoms with Gasteiger partial charge in [0.05, 0.1) is 6.61 Å². The van der Waals surface area contributed by atoms with Crippen molar-refractivity contribution in [2.75, 3.05) is 13.2 Å². The standard InChI is InChI=1S/C13H14BrNO4/c1-8-9(3-2-4-10(8)14)11(16)15-13(12(17)18)5-6-19-7-13/h2-4H,5-7H2,1H3,(H,15,16)(H,17,18). The van der Waals surface area contributed by atoms with Crippen LogP contribution in [0.4, 0.5) is 0 Å². The summed E-state index contributed by atoms with van der Waals surface area (Å²) in [5.74, 6) is -1.46. The van der Waals surface area contributed by atoms with Gasteiger partial charge in [0.2, 0.25) is 0 Å². The quantitative estimate of drug-likeness (QED) is 0.886. The van der Waals surface area contributed by atoms with Crippen LogP contribution < -0.4 is 5.32 Å². The zero-order valence-corrected chi connectivity index (χ0v) is 12.0. The summed E-state index contributed by atoms with van der Waals surface area (Å²) in [6.07, 6.45) is 0.279. The lowest BCUT2D eigenvalue weighted by Crippen LogP contribution is -2.55. The van der Waals surface area contributed by atoms with Crippen molar-refractivity contribution in [1.82, 2.24) is 5.32 Å². The van der Waals surface area contributed by atoms with Crippen LogP contribution in [-0.2, 0) is 9.53 Å². The molecule has 19 heavy (non-hydrogen) atoms. The highest BCUT2D eigenvalue weighted by atomic mass is 79.9. The van der Waals surface area contributed by atoms with Crippen LogP contribution in [0.2, 0.25) is 0 Å². The van der Waals surface area contributed by atoms with E-state index in [0.29, 0.717) is 12.2 Å². The smallest absolute Gasteiger partial charge is 0.331 e. The van der Waals surface area contributed by atoms with Crippen molar-refractivity contribution in [2.45, 2.75) is 18.9 Å². The van der Waals surface area contributed by atoms with Gasteiger partial charge in [0, 0.05) is 23.1 Å². The fraction of sp³-hybridized carbons (Fsp3) is 0.385. The van der Waals surface area contributed by atoms with Gasteiger partial charge in [-0.25, -0.2) is 4.79 Å². The molecule has 0 aromatic heterocycles. The minimum absolute atomic E-state index is 0.00112. The number of aliphatic carboxylic acids is 1. The molecule has 1 heterocycles. The fourth-order valence-corrected chi connectivity index (χ4v) is 2.39. The minimum atomic E-state index is -1.31. The number of carboxylic acids is 1. The largest absolute Gasteiger partial charge is 0.479 e. The van der Waals surface area contributed by atoms with Crippen LogP contribution in [0.25, 0.3) is 0 Å². The molecule has 5 nitrogen and oxygen atoms in total. The topological polar surface area (TPSA) is 75.6 Å². The molecule has 0 bridgehead atoms. The Morgan fingerprint density at radius 2 is 2.21 bits per heavy atom. The van der Waals surface area contributed by atoms with E-state index in [2.05, 4.69) is 21.2 Å². The number of carbonyl (C=O) groups is 2. The molecule has 1 amide bonds. The zero-order valence-electron chi connectivity index (χ0n) is 10.4. The number of benzene rings is 1. The van der Waals surface area contributed by atoms with E-state index < -0.39 is 17.4 Å². The number of carbonyl (C=O) groups excluding carboxylic acids is 1. The second kappa shape index (κ2) is 5.30. The van der Waals surface area contributed by atoms with Gasteiger partial charge < -0.3 is 15.2 Å². The Bertz CT molecular complexity index is 523. The molecule has 6 heteroatoms. The van der Waals surface area contributed by atoms with Gasteiger partial charge in [-0.3, -0.25) is 4.79 Å². The van der Waals surface area contributed by atoms with E-state index in [9.17, 15) is 14.7 Å². The Morgan fingerprint density at radius 3 is 2.79 bits per heavy atom. The van der Waals surface area contributed by atoms with Gasteiger partial charge in [-0.15, -0.1) is 0 Å². The van der Waals surface area contributed by atoms with Crippen LogP contribution in [-0.4, -0.2) is 35.7 Å². The normalized spacial score (nSPS) is 22.2. The Hall–Kier alpha value is -1.40. The van der Waals surface area contributed by atoms with Crippen LogP contribution in [0.3, 0.4) is 0 Å². The molecule has 1 aliphatic heterocycles. The molecule has 102 valence electrons. The molecule has 1 aromatic carbocycles. The number of halogens is 1. The van der Waals surface area contributed by atoms with Crippen LogP contribution in [0.15, 0.2) is 22.7 Å². The third-order valence-electron chi connectivity index (χ3n) is 3.30. The highest BCUT2D eigenvalue weighted by Crippen LogP contribution is 2.23. The fourth-order valence-electron chi connectivity index (χ4n) is 2.02. The van der Waals surface area contributed by atoms with E-state index >= 15 is 0 Å². The van der Waals surface area contributed by atoms with Crippen LogP contribution in [0.5, 0.6) is 0 Å². The highest BCUT2D eigenvalue weighted by molar-refractivity contribution is 9.10. The van der Waals surface area contributed by atoms with Crippen molar-refractivity contribution in [3.8, 4) is 0 Å². The summed E-state index contributed by atoms with van der Waals surface area (Å²) < 4.78 is 5.92. The first kappa shape index (κ1) is 14.0. The molecule has 0 saturated carbocycles. The molecule has 0 spiro atoms. The van der Waals surface area contributed by atoms with Crippen LogP contribution >= 0.6 is 15.9 Å². The molecular weight excluding hydrogens is 314 g/mol. The number of carboxylic acid groups (broad SMARTS) is 1. The second-order valence-corrected chi connectivity index (χ2v) is 5.41. The number of rotatable bonds is 3. The Kier molecular flexibility index (Phi) is 3.91. The average Bonchev–Trinajstić information content (AvgIpc) is 2.82. The zero-order chi connectivity index (χ0) is 14.0. The maximum Gasteiger partial charge on any atom is 0.331 e. The molecule has 1 fully saturated rings. The Labute approximate surface area is 119 Å². The second-order valence-electron chi connectivity index (χ2n) is 4.56. The van der Waals surface area contributed by atoms with E-state index in [-0.39, 0.29) is 13.0 Å². The van der Waals surface area contributed by atoms with Crippen molar-refractivity contribution >= 4 is 27.8 Å². The third kappa shape index (κ3) is 2.64. The lowest BCUT2D eigenvalue weighted by Gasteiger charge is -2.24. The number of hydrogen-bond acceptors (Lipinski definition) is 3. The lowest BCUT2D eigenvalue weighted by molar-refractivity contribution is -0.144. The predicted octanol–water partition coefficient (Wildman–Crippen LogP) is 1.73. The molecule has 1 unspecified atom stereocenters. The first-order chi connectivity index (χ1) is 8.96. The average molecular weight is 328 g/mol. The first-order valence-electron chi connectivity index (χ1n) is 5.85. The van der Waals surface area contributed by atoms with Crippen LogP contribution in [0, 0.1) is 6.92 Å². The summed E-state index contributed by atoms with van der Waals surface area (Å²) in [5.41, 5.74) is -0.0763. The van der Waals surface area contributed by atoms with E-state index in [1.165, 1.54) is 0 Å². The van der Waals surface area contributed by atoms with Crippen molar-refractivity contribution < 1.29 is 19.4 Å². The third-order valence-corrected chi connectivity index (χ3v) is 4.16. The molecule has 2 rings (SSSR count). The molecule has 0 radical (unpaired) electrons. The van der Waals surface area contributed by atoms with Crippen LogP contribution in [0.1, 0.15) is 22.3 Å². The Balaban J connectivity index is 2.25. The highest BCUT2D eigenvalue weighted by Gasteiger charge is 2.44. The number of ether oxygens (including phenoxy) is 1. The van der Waals surface area contributed by atoms with Gasteiger partial charge >= 0.3 is 5.97 Å². The van der Waals surface area contributed by atoms with Gasteiger partial charge in [-0.1, -0.05) is 22.0 Å². The minimum Gasteiger partial charge on any atom is -0.479 e. The van der Waals surface area contributed by atoms with E-state index in [4.69, 9.17) is 4.74 Å². The summed E-state index contributed by atoms with van der Waals surface area (Å²) in [7, 11) is 0. The maximum absolute atomic E-state index is 12.2. The summed E-state index contributed by atoms with van der Waals surface area (Å²) in [6.45, 7) is 2.14. The molecule has 1 aliphatic rings. The van der Waals surface area contributed by atoms with E-state index in [1.807, 2.05) is 6.07 Å². The van der Waals surface area contributed by atoms with Crippen molar-refractivity contribution in [3.05, 3.63) is 33.8 Å². The first-order valence-corrected chi connectivity index (χ1v) is 6.64. The van der Waals surface area contributed by atoms with Crippen molar-refractivity contribution in [3.63, 3.8) is 0 Å². The summed E-state index contributed by atoms with van der Waals surface area (Å²) in [5, 5.41) is 11.9. The van der Waals surface area contributed by atoms with Gasteiger partial charge in [-0.2, -0.15) is 0 Å². The maximum atomic E-state index is 12.2. The number of amides is 1. The molecule has 2 N–H and O–H groups in total. The summed E-state index contributed by atoms with van der Waals surface area (Å²) in [4.78, 5) is 23.6. The predicted molar refractivity (Wildman–Crippen MR) is 72.1 cm³/mol. The number of hydrogen-bond donors (Lipinski definition) is 2. The van der Waals surface area contributed by atoms with Gasteiger partial charge in [0.1, 0.15) is 0 Å². The lowest BCUT2D eigenvalue weighted by atomic mass is 9.97.